The highest BCUT2D eigenvalue weighted by atomic mass is 16.4. The first-order valence-corrected chi connectivity index (χ1v) is 23.6. The van der Waals surface area contributed by atoms with Gasteiger partial charge in [-0.15, -0.1) is 0 Å². The lowest BCUT2D eigenvalue weighted by atomic mass is 10.0. The molecule has 75 heavy (non-hydrogen) atoms. The molecule has 1 saturated heterocycles. The van der Waals surface area contributed by atoms with Gasteiger partial charge in [-0.05, 0) is 63.1 Å². The van der Waals surface area contributed by atoms with E-state index in [2.05, 4.69) is 37.2 Å². The van der Waals surface area contributed by atoms with Crippen molar-refractivity contribution in [2.75, 3.05) is 19.7 Å². The Kier molecular flexibility index (Phi) is 25.5. The highest BCUT2D eigenvalue weighted by molar-refractivity contribution is 5.99. The third-order valence-corrected chi connectivity index (χ3v) is 11.5. The molecule has 1 fully saturated rings. The van der Waals surface area contributed by atoms with Crippen molar-refractivity contribution < 1.29 is 87.9 Å². The molecule has 1 heterocycles. The zero-order valence-electron chi connectivity index (χ0n) is 41.7. The number of nitrogens with two attached hydrogens (primary N) is 3. The van der Waals surface area contributed by atoms with Gasteiger partial charge in [0.1, 0.15) is 54.1 Å². The van der Waals surface area contributed by atoms with Crippen LogP contribution in [0.2, 0.25) is 0 Å². The Morgan fingerprint density at radius 1 is 0.667 bits per heavy atom. The van der Waals surface area contributed by atoms with E-state index in [0.29, 0.717) is 12.0 Å². The van der Waals surface area contributed by atoms with Crippen molar-refractivity contribution in [3.8, 4) is 5.75 Å². The number of phenolic OH excluding ortho intramolecular Hbond substituents is 1. The van der Waals surface area contributed by atoms with Crippen LogP contribution in [-0.4, -0.2) is 188 Å². The minimum atomic E-state index is -1.89. The van der Waals surface area contributed by atoms with Crippen molar-refractivity contribution in [3.63, 3.8) is 0 Å². The fraction of sp³-hybridized carbons (Fsp3) is 0.578. The number of likely N-dealkylation sites (tertiary alicyclic amines) is 1. The van der Waals surface area contributed by atoms with Crippen molar-refractivity contribution in [3.05, 3.63) is 29.8 Å². The van der Waals surface area contributed by atoms with Crippen LogP contribution in [0.4, 0.5) is 0 Å². The van der Waals surface area contributed by atoms with E-state index in [1.807, 2.05) is 5.32 Å². The first-order chi connectivity index (χ1) is 35.1. The number of hydrogen-bond acceptors (Lipinski definition) is 17. The van der Waals surface area contributed by atoms with E-state index in [9.17, 15) is 82.8 Å². The molecule has 11 amide bonds. The van der Waals surface area contributed by atoms with Crippen LogP contribution in [0.5, 0.6) is 5.75 Å². The zero-order valence-corrected chi connectivity index (χ0v) is 41.7. The van der Waals surface area contributed by atoms with E-state index >= 15 is 0 Å². The van der Waals surface area contributed by atoms with E-state index < -0.39 is 189 Å². The van der Waals surface area contributed by atoms with Crippen molar-refractivity contribution in [2.24, 2.45) is 23.1 Å². The number of carboxylic acids is 2. The number of aromatic hydroxyl groups is 1. The second-order valence-electron chi connectivity index (χ2n) is 18.0. The highest BCUT2D eigenvalue weighted by Gasteiger charge is 2.40. The Hall–Kier alpha value is -7.99. The van der Waals surface area contributed by atoms with Gasteiger partial charge in [-0.2, -0.15) is 0 Å². The summed E-state index contributed by atoms with van der Waals surface area (Å²) in [4.78, 5) is 168. The molecule has 0 unspecified atom stereocenters. The molecule has 1 aromatic rings. The van der Waals surface area contributed by atoms with E-state index in [1.165, 1.54) is 36.1 Å². The lowest BCUT2D eigenvalue weighted by molar-refractivity contribution is -0.143. The van der Waals surface area contributed by atoms with Gasteiger partial charge in [0.2, 0.25) is 65.0 Å². The number of carboxylic acid groups (broad SMARTS) is 2. The maximum absolute atomic E-state index is 13.9. The molecule has 0 radical (unpaired) electrons. The standard InChI is InChI=1S/C45H68N12O18/c1-20(2)35(55-41(70)30-6-5-15-57(30)44(73)25(46)17-32(48)62)42(71)50-21(3)37(66)56-36(22(4)59)43(72)53-27(12-14-34(64)65)39(68)52-26(11-13-31(47)61)40(69)54-28(16-23-7-9-24(60)10-8-23)38(67)49-18-33(63)51-29(19-58)45(74)75/h7-10,20-22,25-30,35-36,58-60H,5-6,11-19,46H2,1-4H3,(H2,47,61)(H2,48,62)(H,49,67)(H,50,71)(H,51,63)(H,52,68)(H,53,72)(H,54,69)(H,55,70)(H,56,66)(H,64,65)(H,74,75)/t21-,22+,25-,26-,27-,28-,29-,30-,35-,36-/m0/s1. The summed E-state index contributed by atoms with van der Waals surface area (Å²) in [6.45, 7) is 3.75. The number of nitrogens with zero attached hydrogens (tertiary/aromatic N) is 1. The van der Waals surface area contributed by atoms with Gasteiger partial charge < -0.3 is 90.2 Å². The van der Waals surface area contributed by atoms with Crippen LogP contribution in [0, 0.1) is 5.92 Å². The Balaban J connectivity index is 2.30. The number of aliphatic hydroxyl groups is 2. The number of hydrogen-bond donors (Lipinski definition) is 16. The average molecular weight is 1070 g/mol. The number of nitrogens with one attached hydrogen (secondary N) is 8. The Morgan fingerprint density at radius 2 is 1.23 bits per heavy atom. The van der Waals surface area contributed by atoms with Gasteiger partial charge in [-0.1, -0.05) is 26.0 Å². The first kappa shape index (κ1) is 63.1. The van der Waals surface area contributed by atoms with Gasteiger partial charge in [0.25, 0.3) is 0 Å². The Morgan fingerprint density at radius 3 is 1.75 bits per heavy atom. The van der Waals surface area contributed by atoms with Gasteiger partial charge in [-0.3, -0.25) is 57.5 Å². The van der Waals surface area contributed by atoms with Gasteiger partial charge >= 0.3 is 11.9 Å². The third-order valence-electron chi connectivity index (χ3n) is 11.5. The Bertz CT molecular complexity index is 2260. The smallest absolute Gasteiger partial charge is 0.328 e. The number of amides is 11. The Labute approximate surface area is 429 Å². The van der Waals surface area contributed by atoms with Crippen LogP contribution in [-0.2, 0) is 68.7 Å². The van der Waals surface area contributed by atoms with Crippen LogP contribution in [0.3, 0.4) is 0 Å². The summed E-state index contributed by atoms with van der Waals surface area (Å²) >= 11 is 0. The van der Waals surface area contributed by atoms with Crippen LogP contribution < -0.4 is 59.7 Å². The fourth-order valence-electron chi connectivity index (χ4n) is 7.35. The number of carbonyl (C=O) groups is 13. The summed E-state index contributed by atoms with van der Waals surface area (Å²) in [5.41, 5.74) is 16.6. The maximum atomic E-state index is 13.9. The van der Waals surface area contributed by atoms with Crippen molar-refractivity contribution in [2.45, 2.75) is 140 Å². The van der Waals surface area contributed by atoms with E-state index in [-0.39, 0.29) is 25.1 Å². The lowest BCUT2D eigenvalue weighted by Gasteiger charge is -2.30. The number of phenols is 1. The molecular weight excluding hydrogens is 997 g/mol. The molecule has 0 spiro atoms. The van der Waals surface area contributed by atoms with E-state index in [0.717, 1.165) is 6.92 Å². The molecule has 30 nitrogen and oxygen atoms in total. The van der Waals surface area contributed by atoms with E-state index in [4.69, 9.17) is 22.3 Å². The molecule has 2 rings (SSSR count). The molecule has 0 aromatic heterocycles. The molecule has 30 heteroatoms. The van der Waals surface area contributed by atoms with Crippen molar-refractivity contribution >= 4 is 76.9 Å². The molecule has 0 bridgehead atoms. The summed E-state index contributed by atoms with van der Waals surface area (Å²) in [6.07, 6.45) is -4.42. The summed E-state index contributed by atoms with van der Waals surface area (Å²) in [7, 11) is 0. The summed E-state index contributed by atoms with van der Waals surface area (Å²) in [5, 5.41) is 66.5. The third kappa shape index (κ3) is 21.2. The molecule has 0 aliphatic carbocycles. The van der Waals surface area contributed by atoms with Crippen LogP contribution in [0.25, 0.3) is 0 Å². The molecule has 416 valence electrons. The first-order valence-electron chi connectivity index (χ1n) is 23.6. The second kappa shape index (κ2) is 30.3. The molecule has 1 aliphatic heterocycles. The zero-order chi connectivity index (χ0) is 56.9. The van der Waals surface area contributed by atoms with Crippen LogP contribution in [0.15, 0.2) is 24.3 Å². The fourth-order valence-corrected chi connectivity index (χ4v) is 7.35. The molecule has 19 N–H and O–H groups in total. The SMILES string of the molecule is CC(C)[C@H](NC(=O)[C@@H]1CCCN1C(=O)[C@@H](N)CC(N)=O)C(=O)N[C@@H](C)C(=O)N[C@H](C(=O)N[C@@H](CCC(=O)O)C(=O)N[C@@H](CCC(N)=O)C(=O)N[C@@H](Cc1ccc(O)cc1)C(=O)NCC(=O)N[C@@H](CO)C(=O)O)[C@@H](C)O. The number of rotatable bonds is 31. The average Bonchev–Trinajstić information content (AvgIpc) is 3.83. The van der Waals surface area contributed by atoms with Gasteiger partial charge in [0.15, 0.2) is 0 Å². The minimum absolute atomic E-state index is 0.142. The number of primary amides is 2. The van der Waals surface area contributed by atoms with Crippen molar-refractivity contribution in [1.29, 1.82) is 0 Å². The molecule has 10 atom stereocenters. The molecule has 1 aromatic carbocycles. The topological polar surface area (TPSA) is 501 Å². The quantitative estimate of drug-likeness (QED) is 0.0328. The lowest BCUT2D eigenvalue weighted by Crippen LogP contribution is -2.62. The normalized spacial score (nSPS) is 16.6. The number of benzene rings is 1. The summed E-state index contributed by atoms with van der Waals surface area (Å²) in [5.74, 6) is -14.6. The minimum Gasteiger partial charge on any atom is -0.508 e. The second-order valence-corrected chi connectivity index (χ2v) is 18.0. The summed E-state index contributed by atoms with van der Waals surface area (Å²) in [6, 6.07) is -8.60. The summed E-state index contributed by atoms with van der Waals surface area (Å²) < 4.78 is 0. The van der Waals surface area contributed by atoms with Gasteiger partial charge in [-0.25, -0.2) is 4.79 Å². The largest absolute Gasteiger partial charge is 0.508 e. The van der Waals surface area contributed by atoms with Crippen LogP contribution >= 0.6 is 0 Å². The number of aliphatic carboxylic acids is 2. The predicted octanol–water partition coefficient (Wildman–Crippen LogP) is -7.10. The van der Waals surface area contributed by atoms with Crippen LogP contribution in [0.1, 0.15) is 78.2 Å². The molecule has 1 aliphatic rings. The predicted molar refractivity (Wildman–Crippen MR) is 257 cm³/mol. The van der Waals surface area contributed by atoms with Gasteiger partial charge in [0.05, 0.1) is 31.7 Å². The molecular formula is C45H68N12O18. The number of carbonyl (C=O) groups excluding carboxylic acids is 11. The highest BCUT2D eigenvalue weighted by Crippen LogP contribution is 2.20. The monoisotopic (exact) mass is 1060 g/mol. The van der Waals surface area contributed by atoms with E-state index in [1.54, 1.807) is 13.8 Å². The maximum Gasteiger partial charge on any atom is 0.328 e. The number of aliphatic hydroxyl groups excluding tert-OH is 2. The van der Waals surface area contributed by atoms with Gasteiger partial charge in [0, 0.05) is 25.8 Å². The van der Waals surface area contributed by atoms with Crippen molar-refractivity contribution in [1.82, 2.24) is 47.4 Å². The molecule has 0 saturated carbocycles.